The Morgan fingerprint density at radius 2 is 2.08 bits per heavy atom. The van der Waals surface area contributed by atoms with E-state index >= 15 is 0 Å². The highest BCUT2D eigenvalue weighted by atomic mass is 16.5. The van der Waals surface area contributed by atoms with Gasteiger partial charge < -0.3 is 15.0 Å². The van der Waals surface area contributed by atoms with Crippen molar-refractivity contribution < 1.29 is 14.3 Å². The van der Waals surface area contributed by atoms with Crippen LogP contribution in [0.4, 0.5) is 0 Å². The van der Waals surface area contributed by atoms with Crippen LogP contribution in [0.1, 0.15) is 37.8 Å². The molecule has 1 unspecified atom stereocenters. The van der Waals surface area contributed by atoms with Gasteiger partial charge in [-0.2, -0.15) is 0 Å². The monoisotopic (exact) mass is 357 g/mol. The van der Waals surface area contributed by atoms with Gasteiger partial charge in [0.1, 0.15) is 0 Å². The van der Waals surface area contributed by atoms with Gasteiger partial charge in [-0.15, -0.1) is 0 Å². The lowest BCUT2D eigenvalue weighted by Gasteiger charge is -2.42. The first kappa shape index (κ1) is 17.5. The van der Waals surface area contributed by atoms with Gasteiger partial charge in [0.15, 0.2) is 0 Å². The summed E-state index contributed by atoms with van der Waals surface area (Å²) in [5.41, 5.74) is 0.853. The highest BCUT2D eigenvalue weighted by molar-refractivity contribution is 5.84. The fourth-order valence-electron chi connectivity index (χ4n) is 4.64. The van der Waals surface area contributed by atoms with Crippen LogP contribution in [0, 0.1) is 17.3 Å². The van der Waals surface area contributed by atoms with Crippen LogP contribution in [0.15, 0.2) is 24.4 Å². The summed E-state index contributed by atoms with van der Waals surface area (Å²) in [4.78, 5) is 32.0. The van der Waals surface area contributed by atoms with Crippen LogP contribution in [0.5, 0.6) is 0 Å². The zero-order valence-electron chi connectivity index (χ0n) is 15.2. The second kappa shape index (κ2) is 7.35. The maximum Gasteiger partial charge on any atom is 0.225 e. The van der Waals surface area contributed by atoms with E-state index in [2.05, 4.69) is 10.3 Å². The lowest BCUT2D eigenvalue weighted by molar-refractivity contribution is -0.138. The van der Waals surface area contributed by atoms with Gasteiger partial charge in [0, 0.05) is 43.8 Å². The van der Waals surface area contributed by atoms with Gasteiger partial charge in [-0.25, -0.2) is 0 Å². The van der Waals surface area contributed by atoms with Crippen molar-refractivity contribution in [2.24, 2.45) is 17.3 Å². The van der Waals surface area contributed by atoms with Crippen molar-refractivity contribution in [1.29, 1.82) is 0 Å². The fraction of sp³-hybridized carbons (Fsp3) is 0.650. The number of ether oxygens (including phenoxy) is 1. The van der Waals surface area contributed by atoms with E-state index in [1.54, 1.807) is 6.20 Å². The van der Waals surface area contributed by atoms with Gasteiger partial charge >= 0.3 is 0 Å². The van der Waals surface area contributed by atoms with Crippen LogP contribution in [0.2, 0.25) is 0 Å². The molecule has 2 aliphatic heterocycles. The van der Waals surface area contributed by atoms with E-state index in [0.717, 1.165) is 44.3 Å². The summed E-state index contributed by atoms with van der Waals surface area (Å²) in [6, 6.07) is 5.70. The van der Waals surface area contributed by atoms with Crippen molar-refractivity contribution >= 4 is 11.8 Å². The summed E-state index contributed by atoms with van der Waals surface area (Å²) < 4.78 is 5.38. The Bertz CT molecular complexity index is 654. The number of likely N-dealkylation sites (tertiary alicyclic amines) is 1. The highest BCUT2D eigenvalue weighted by Crippen LogP contribution is 2.52. The Morgan fingerprint density at radius 3 is 2.73 bits per heavy atom. The summed E-state index contributed by atoms with van der Waals surface area (Å²) in [5, 5.41) is 3.04. The van der Waals surface area contributed by atoms with E-state index in [-0.39, 0.29) is 29.1 Å². The van der Waals surface area contributed by atoms with Crippen molar-refractivity contribution in [3.8, 4) is 0 Å². The number of hydrogen-bond donors (Lipinski definition) is 1. The van der Waals surface area contributed by atoms with Crippen molar-refractivity contribution in [1.82, 2.24) is 15.2 Å². The lowest BCUT2D eigenvalue weighted by atomic mass is 9.62. The van der Waals surface area contributed by atoms with Crippen LogP contribution in [0.3, 0.4) is 0 Å². The smallest absolute Gasteiger partial charge is 0.225 e. The highest BCUT2D eigenvalue weighted by Gasteiger charge is 2.54. The van der Waals surface area contributed by atoms with E-state index in [1.807, 2.05) is 23.1 Å². The number of rotatable bonds is 4. The predicted molar refractivity (Wildman–Crippen MR) is 96.0 cm³/mol. The third-order valence-corrected chi connectivity index (χ3v) is 6.37. The molecule has 26 heavy (non-hydrogen) atoms. The Kier molecular flexibility index (Phi) is 4.94. The number of carbonyl (C=O) groups excluding carboxylic acids is 2. The molecule has 1 aliphatic carbocycles. The molecule has 3 aliphatic rings. The molecule has 2 saturated heterocycles. The SMILES string of the molecule is O=C(NCc1ccccn1)C1CN(C(=O)C2CCOCC2)CC12CCC2. The van der Waals surface area contributed by atoms with Crippen molar-refractivity contribution in [2.45, 2.75) is 38.6 Å². The molecule has 0 radical (unpaired) electrons. The summed E-state index contributed by atoms with van der Waals surface area (Å²) in [6.07, 6.45) is 6.60. The first-order valence-corrected chi connectivity index (χ1v) is 9.72. The number of nitrogens with zero attached hydrogens (tertiary/aromatic N) is 2. The lowest BCUT2D eigenvalue weighted by Crippen LogP contribution is -2.45. The Hall–Kier alpha value is -1.95. The van der Waals surface area contributed by atoms with Gasteiger partial charge in [-0.3, -0.25) is 14.6 Å². The number of carbonyl (C=O) groups is 2. The van der Waals surface area contributed by atoms with Crippen molar-refractivity contribution in [2.75, 3.05) is 26.3 Å². The molecule has 1 aromatic heterocycles. The second-order valence-corrected chi connectivity index (χ2v) is 7.91. The number of nitrogens with one attached hydrogen (secondary N) is 1. The Morgan fingerprint density at radius 1 is 1.27 bits per heavy atom. The van der Waals surface area contributed by atoms with Gasteiger partial charge in [-0.1, -0.05) is 12.5 Å². The van der Waals surface area contributed by atoms with Gasteiger partial charge in [0.25, 0.3) is 0 Å². The van der Waals surface area contributed by atoms with E-state index < -0.39 is 0 Å². The summed E-state index contributed by atoms with van der Waals surface area (Å²) in [6.45, 7) is 3.09. The van der Waals surface area contributed by atoms with Crippen molar-refractivity contribution in [3.63, 3.8) is 0 Å². The molecule has 1 spiro atoms. The van der Waals surface area contributed by atoms with Crippen LogP contribution in [-0.2, 0) is 20.9 Å². The molecule has 3 heterocycles. The summed E-state index contributed by atoms with van der Waals surface area (Å²) >= 11 is 0. The largest absolute Gasteiger partial charge is 0.381 e. The number of pyridine rings is 1. The van der Waals surface area contributed by atoms with Gasteiger partial charge in [-0.05, 0) is 37.8 Å². The number of amides is 2. The summed E-state index contributed by atoms with van der Waals surface area (Å²) in [7, 11) is 0. The maximum atomic E-state index is 12.9. The Balaban J connectivity index is 1.40. The normalized spacial score (nSPS) is 25.1. The third-order valence-electron chi connectivity index (χ3n) is 6.37. The molecule has 0 bridgehead atoms. The molecular formula is C20H27N3O3. The minimum atomic E-state index is -0.0937. The molecule has 6 nitrogen and oxygen atoms in total. The first-order valence-electron chi connectivity index (χ1n) is 9.72. The molecule has 1 aromatic rings. The van der Waals surface area contributed by atoms with Crippen molar-refractivity contribution in [3.05, 3.63) is 30.1 Å². The summed E-state index contributed by atoms with van der Waals surface area (Å²) in [5.74, 6) is 0.261. The van der Waals surface area contributed by atoms with E-state index in [9.17, 15) is 9.59 Å². The van der Waals surface area contributed by atoms with Crippen LogP contribution in [0.25, 0.3) is 0 Å². The zero-order valence-corrected chi connectivity index (χ0v) is 15.2. The second-order valence-electron chi connectivity index (χ2n) is 7.91. The van der Waals surface area contributed by atoms with Crippen LogP contribution in [-0.4, -0.2) is 48.0 Å². The zero-order chi connectivity index (χ0) is 18.0. The van der Waals surface area contributed by atoms with Gasteiger partial charge in [0.05, 0.1) is 18.2 Å². The Labute approximate surface area is 154 Å². The van der Waals surface area contributed by atoms with E-state index in [0.29, 0.717) is 26.3 Å². The molecule has 1 atom stereocenters. The first-order chi connectivity index (χ1) is 12.7. The average molecular weight is 357 g/mol. The van der Waals surface area contributed by atoms with Crippen LogP contribution >= 0.6 is 0 Å². The average Bonchev–Trinajstić information content (AvgIpc) is 3.08. The molecule has 140 valence electrons. The van der Waals surface area contributed by atoms with E-state index in [4.69, 9.17) is 4.74 Å². The maximum absolute atomic E-state index is 12.9. The molecule has 4 rings (SSSR count). The molecule has 0 aromatic carbocycles. The van der Waals surface area contributed by atoms with Crippen LogP contribution < -0.4 is 5.32 Å². The third kappa shape index (κ3) is 3.34. The molecule has 1 saturated carbocycles. The predicted octanol–water partition coefficient (Wildman–Crippen LogP) is 1.75. The van der Waals surface area contributed by atoms with E-state index in [1.165, 1.54) is 0 Å². The fourth-order valence-corrected chi connectivity index (χ4v) is 4.64. The molecule has 2 amide bonds. The number of aromatic nitrogens is 1. The quantitative estimate of drug-likeness (QED) is 0.891. The molecule has 6 heteroatoms. The minimum Gasteiger partial charge on any atom is -0.381 e. The molecule has 3 fully saturated rings. The molecular weight excluding hydrogens is 330 g/mol. The number of hydrogen-bond acceptors (Lipinski definition) is 4. The molecule has 1 N–H and O–H groups in total. The van der Waals surface area contributed by atoms with Gasteiger partial charge in [0.2, 0.25) is 11.8 Å². The minimum absolute atomic E-state index is 0.00493. The standard InChI is InChI=1S/C20H27N3O3/c24-18(22-12-16-4-1-2-9-21-16)17-13-23(14-20(17)7-3-8-20)19(25)15-5-10-26-11-6-15/h1-2,4,9,15,17H,3,5-8,10-14H2,(H,22,24). The topological polar surface area (TPSA) is 71.5 Å².